The van der Waals surface area contributed by atoms with E-state index in [4.69, 9.17) is 0 Å². The van der Waals surface area contributed by atoms with E-state index in [1.165, 1.54) is 5.56 Å². The zero-order valence-electron chi connectivity index (χ0n) is 17.8. The first-order valence-corrected chi connectivity index (χ1v) is 10.8. The van der Waals surface area contributed by atoms with Gasteiger partial charge in [-0.2, -0.15) is 5.10 Å². The normalized spacial score (nSPS) is 11.4. The van der Waals surface area contributed by atoms with Crippen LogP contribution in [-0.2, 0) is 13.1 Å². The van der Waals surface area contributed by atoms with Gasteiger partial charge in [-0.25, -0.2) is 4.98 Å². The molecular formula is C26H21N7. The van der Waals surface area contributed by atoms with Gasteiger partial charge in [-0.1, -0.05) is 30.3 Å². The number of benzene rings is 1. The van der Waals surface area contributed by atoms with E-state index >= 15 is 0 Å². The lowest BCUT2D eigenvalue weighted by molar-refractivity contribution is 0.691. The van der Waals surface area contributed by atoms with Crippen LogP contribution in [0.25, 0.3) is 44.6 Å². The second kappa shape index (κ2) is 8.29. The minimum atomic E-state index is 0.741. The molecule has 0 radical (unpaired) electrons. The van der Waals surface area contributed by atoms with Crippen molar-refractivity contribution in [2.75, 3.05) is 0 Å². The van der Waals surface area contributed by atoms with E-state index in [0.29, 0.717) is 0 Å². The van der Waals surface area contributed by atoms with E-state index in [0.717, 1.165) is 63.2 Å². The summed E-state index contributed by atoms with van der Waals surface area (Å²) in [5, 5.41) is 12.0. The summed E-state index contributed by atoms with van der Waals surface area (Å²) in [6.07, 6.45) is 7.41. The van der Waals surface area contributed by atoms with Crippen molar-refractivity contribution in [1.82, 2.24) is 35.5 Å². The van der Waals surface area contributed by atoms with Gasteiger partial charge in [-0.3, -0.25) is 15.1 Å². The molecule has 6 rings (SSSR count). The first-order valence-electron chi connectivity index (χ1n) is 10.8. The van der Waals surface area contributed by atoms with E-state index in [1.54, 1.807) is 6.20 Å². The van der Waals surface area contributed by atoms with Crippen LogP contribution >= 0.6 is 0 Å². The molecule has 0 aliphatic heterocycles. The number of pyridine rings is 3. The summed E-state index contributed by atoms with van der Waals surface area (Å²) in [5.41, 5.74) is 8.77. The molecule has 6 aromatic rings. The maximum absolute atomic E-state index is 4.60. The summed E-state index contributed by atoms with van der Waals surface area (Å²) >= 11 is 0. The van der Waals surface area contributed by atoms with Crippen molar-refractivity contribution < 1.29 is 0 Å². The number of nitrogens with zero attached hydrogens (tertiary/aromatic N) is 4. The maximum Gasteiger partial charge on any atom is 0.155 e. The molecule has 0 amide bonds. The Kier molecular flexibility index (Phi) is 4.86. The molecule has 5 aromatic heterocycles. The van der Waals surface area contributed by atoms with Gasteiger partial charge in [0, 0.05) is 54.4 Å². The van der Waals surface area contributed by atoms with Crippen LogP contribution in [0.1, 0.15) is 11.1 Å². The molecular weight excluding hydrogens is 410 g/mol. The molecule has 0 saturated carbocycles. The Hall–Kier alpha value is -4.36. The molecule has 7 nitrogen and oxygen atoms in total. The molecule has 0 fully saturated rings. The number of nitrogens with one attached hydrogen (secondary N) is 3. The van der Waals surface area contributed by atoms with Gasteiger partial charge < -0.3 is 10.3 Å². The fourth-order valence-electron chi connectivity index (χ4n) is 4.04. The zero-order valence-corrected chi connectivity index (χ0v) is 17.8. The molecule has 33 heavy (non-hydrogen) atoms. The highest BCUT2D eigenvalue weighted by Gasteiger charge is 2.13. The highest BCUT2D eigenvalue weighted by molar-refractivity contribution is 5.95. The smallest absolute Gasteiger partial charge is 0.155 e. The monoisotopic (exact) mass is 431 g/mol. The standard InChI is InChI=1S/C26H21N7/c1-2-5-17(6-3-1)12-27-13-18-9-19(15-28-14-18)20-10-21-25(32-33-26(21)30-16-20)24-11-23-22(31-24)7-4-8-29-23/h1-11,14-16,27,31H,12-13H2,(H,30,32,33). The summed E-state index contributed by atoms with van der Waals surface area (Å²) in [6.45, 7) is 1.56. The van der Waals surface area contributed by atoms with Crippen LogP contribution in [0.15, 0.2) is 85.5 Å². The summed E-state index contributed by atoms with van der Waals surface area (Å²) in [5.74, 6) is 0. The molecule has 0 aliphatic rings. The average molecular weight is 432 g/mol. The minimum absolute atomic E-state index is 0.741. The molecule has 0 bridgehead atoms. The zero-order chi connectivity index (χ0) is 22.0. The Morgan fingerprint density at radius 3 is 2.58 bits per heavy atom. The molecule has 160 valence electrons. The second-order valence-corrected chi connectivity index (χ2v) is 7.98. The van der Waals surface area contributed by atoms with Crippen molar-refractivity contribution in [3.8, 4) is 22.5 Å². The number of H-pyrrole nitrogens is 2. The summed E-state index contributed by atoms with van der Waals surface area (Å²) in [7, 11) is 0. The van der Waals surface area contributed by atoms with Crippen LogP contribution in [0, 0.1) is 0 Å². The van der Waals surface area contributed by atoms with E-state index in [-0.39, 0.29) is 0 Å². The molecule has 0 atom stereocenters. The van der Waals surface area contributed by atoms with Gasteiger partial charge in [-0.15, -0.1) is 0 Å². The highest BCUT2D eigenvalue weighted by Crippen LogP contribution is 2.30. The number of hydrogen-bond donors (Lipinski definition) is 3. The van der Waals surface area contributed by atoms with E-state index in [2.05, 4.69) is 71.8 Å². The Balaban J connectivity index is 1.28. The molecule has 5 heterocycles. The van der Waals surface area contributed by atoms with Gasteiger partial charge >= 0.3 is 0 Å². The van der Waals surface area contributed by atoms with Crippen molar-refractivity contribution in [2.24, 2.45) is 0 Å². The largest absolute Gasteiger partial charge is 0.352 e. The quantitative estimate of drug-likeness (QED) is 0.350. The van der Waals surface area contributed by atoms with Crippen LogP contribution < -0.4 is 5.32 Å². The molecule has 7 heteroatoms. The van der Waals surface area contributed by atoms with Crippen LogP contribution in [0.2, 0.25) is 0 Å². The summed E-state index contributed by atoms with van der Waals surface area (Å²) < 4.78 is 0. The fourth-order valence-corrected chi connectivity index (χ4v) is 4.04. The van der Waals surface area contributed by atoms with Crippen molar-refractivity contribution >= 4 is 22.1 Å². The van der Waals surface area contributed by atoms with Crippen LogP contribution in [0.4, 0.5) is 0 Å². The van der Waals surface area contributed by atoms with Crippen LogP contribution in [0.3, 0.4) is 0 Å². The molecule has 0 spiro atoms. The van der Waals surface area contributed by atoms with Gasteiger partial charge in [-0.05, 0) is 41.5 Å². The third-order valence-corrected chi connectivity index (χ3v) is 5.69. The van der Waals surface area contributed by atoms with E-state index in [1.807, 2.05) is 42.9 Å². The number of rotatable bonds is 6. The van der Waals surface area contributed by atoms with Gasteiger partial charge in [0.15, 0.2) is 5.65 Å². The number of aromatic amines is 2. The van der Waals surface area contributed by atoms with Crippen molar-refractivity contribution in [2.45, 2.75) is 13.1 Å². The number of hydrogen-bond acceptors (Lipinski definition) is 5. The Morgan fingerprint density at radius 1 is 0.788 bits per heavy atom. The van der Waals surface area contributed by atoms with Gasteiger partial charge in [0.2, 0.25) is 0 Å². The highest BCUT2D eigenvalue weighted by atomic mass is 15.2. The number of fused-ring (bicyclic) bond motifs is 2. The van der Waals surface area contributed by atoms with E-state index in [9.17, 15) is 0 Å². The third kappa shape index (κ3) is 3.86. The SMILES string of the molecule is c1ccc(CNCc2cncc(-c3cnc4[nH]nc(-c5cc6ncccc6[nH]5)c4c3)c2)cc1. The third-order valence-electron chi connectivity index (χ3n) is 5.69. The molecule has 1 aromatic carbocycles. The van der Waals surface area contributed by atoms with Crippen LogP contribution in [-0.4, -0.2) is 30.1 Å². The predicted molar refractivity (Wildman–Crippen MR) is 129 cm³/mol. The molecule has 0 aliphatic carbocycles. The van der Waals surface area contributed by atoms with Crippen molar-refractivity contribution in [3.63, 3.8) is 0 Å². The van der Waals surface area contributed by atoms with Crippen molar-refractivity contribution in [1.29, 1.82) is 0 Å². The molecule has 0 saturated heterocycles. The topological polar surface area (TPSA) is 95.2 Å². The average Bonchev–Trinajstić information content (AvgIpc) is 3.48. The fraction of sp³-hybridized carbons (Fsp3) is 0.0769. The van der Waals surface area contributed by atoms with Crippen LogP contribution in [0.5, 0.6) is 0 Å². The second-order valence-electron chi connectivity index (χ2n) is 7.98. The summed E-state index contributed by atoms with van der Waals surface area (Å²) in [4.78, 5) is 16.9. The van der Waals surface area contributed by atoms with Gasteiger partial charge in [0.25, 0.3) is 0 Å². The molecule has 0 unspecified atom stereocenters. The first-order chi connectivity index (χ1) is 16.3. The van der Waals surface area contributed by atoms with Gasteiger partial charge in [0.1, 0.15) is 5.69 Å². The Labute approximate surface area is 190 Å². The maximum atomic E-state index is 4.60. The molecule has 3 N–H and O–H groups in total. The van der Waals surface area contributed by atoms with Crippen molar-refractivity contribution in [3.05, 3.63) is 96.6 Å². The minimum Gasteiger partial charge on any atom is -0.352 e. The lowest BCUT2D eigenvalue weighted by Gasteiger charge is -2.07. The number of aromatic nitrogens is 6. The van der Waals surface area contributed by atoms with E-state index < -0.39 is 0 Å². The Morgan fingerprint density at radius 2 is 1.67 bits per heavy atom. The Bertz CT molecular complexity index is 1520. The predicted octanol–water partition coefficient (Wildman–Crippen LogP) is 4.85. The lowest BCUT2D eigenvalue weighted by atomic mass is 10.1. The lowest BCUT2D eigenvalue weighted by Crippen LogP contribution is -2.12. The summed E-state index contributed by atoms with van der Waals surface area (Å²) in [6, 6.07) is 20.6. The van der Waals surface area contributed by atoms with Gasteiger partial charge in [0.05, 0.1) is 16.7 Å². The first kappa shape index (κ1) is 19.3.